The van der Waals surface area contributed by atoms with Crippen LogP contribution in [0.2, 0.25) is 0 Å². The summed E-state index contributed by atoms with van der Waals surface area (Å²) in [6.45, 7) is 0.279. The summed E-state index contributed by atoms with van der Waals surface area (Å²) < 4.78 is 0. The highest BCUT2D eigenvalue weighted by Crippen LogP contribution is 2.22. The van der Waals surface area contributed by atoms with E-state index in [4.69, 9.17) is 10.8 Å². The largest absolute Gasteiger partial charge is 0.396 e. The van der Waals surface area contributed by atoms with Crippen molar-refractivity contribution in [1.82, 2.24) is 0 Å². The van der Waals surface area contributed by atoms with Gasteiger partial charge in [0.05, 0.1) is 0 Å². The molecule has 2 nitrogen and oxygen atoms in total. The number of hydrogen-bond donors (Lipinski definition) is 2. The molecule has 56 valence electrons. The molecular weight excluding hydrogens is 138 g/mol. The quantitative estimate of drug-likeness (QED) is 0.575. The van der Waals surface area contributed by atoms with Crippen LogP contribution in [0.25, 0.3) is 0 Å². The molecule has 9 heavy (non-hydrogen) atoms. The van der Waals surface area contributed by atoms with Gasteiger partial charge >= 0.3 is 0 Å². The van der Waals surface area contributed by atoms with Crippen molar-refractivity contribution in [2.75, 3.05) is 6.61 Å². The number of nitrogens with two attached hydrogens (primary N) is 1. The zero-order chi connectivity index (χ0) is 5.98. The molecule has 3 heteroatoms. The van der Waals surface area contributed by atoms with Gasteiger partial charge in [-0.3, -0.25) is 0 Å². The van der Waals surface area contributed by atoms with Gasteiger partial charge in [0.25, 0.3) is 0 Å². The normalized spacial score (nSPS) is 34.0. The number of hydrogen-bond acceptors (Lipinski definition) is 2. The van der Waals surface area contributed by atoms with Gasteiger partial charge in [-0.25, -0.2) is 0 Å². The van der Waals surface area contributed by atoms with Crippen LogP contribution in [-0.2, 0) is 0 Å². The Kier molecular flexibility index (Phi) is 4.19. The molecule has 3 N–H and O–H groups in total. The summed E-state index contributed by atoms with van der Waals surface area (Å²) in [6, 6.07) is 0.278. The lowest BCUT2D eigenvalue weighted by Crippen LogP contribution is -2.26. The molecule has 0 saturated heterocycles. The van der Waals surface area contributed by atoms with Gasteiger partial charge in [-0.05, 0) is 18.8 Å². The Morgan fingerprint density at radius 1 is 1.44 bits per heavy atom. The van der Waals surface area contributed by atoms with E-state index in [1.54, 1.807) is 0 Å². The molecule has 2 atom stereocenters. The minimum absolute atomic E-state index is 0. The Balaban J connectivity index is 0.000000640. The maximum Gasteiger partial charge on any atom is 0.0474 e. The van der Waals surface area contributed by atoms with E-state index in [1.807, 2.05) is 0 Å². The molecule has 0 aromatic heterocycles. The van der Waals surface area contributed by atoms with Crippen molar-refractivity contribution in [3.05, 3.63) is 0 Å². The highest BCUT2D eigenvalue weighted by molar-refractivity contribution is 5.85. The zero-order valence-corrected chi connectivity index (χ0v) is 6.23. The second-order valence-corrected chi connectivity index (χ2v) is 2.54. The summed E-state index contributed by atoms with van der Waals surface area (Å²) in [5, 5.41) is 8.66. The summed E-state index contributed by atoms with van der Waals surface area (Å²) in [4.78, 5) is 0. The molecule has 1 aliphatic rings. The SMILES string of the molecule is Cl.NC1CCCC1CO. The third-order valence-corrected chi connectivity index (χ3v) is 1.95. The monoisotopic (exact) mass is 151 g/mol. The van der Waals surface area contributed by atoms with E-state index in [1.165, 1.54) is 6.42 Å². The van der Waals surface area contributed by atoms with E-state index in [0.29, 0.717) is 5.92 Å². The molecule has 1 aliphatic carbocycles. The molecule has 0 bridgehead atoms. The third-order valence-electron chi connectivity index (χ3n) is 1.95. The fourth-order valence-corrected chi connectivity index (χ4v) is 1.29. The summed E-state index contributed by atoms with van der Waals surface area (Å²) in [5.41, 5.74) is 5.63. The molecule has 0 amide bonds. The van der Waals surface area contributed by atoms with Crippen LogP contribution >= 0.6 is 12.4 Å². The first kappa shape index (κ1) is 9.21. The van der Waals surface area contributed by atoms with Crippen LogP contribution in [0.1, 0.15) is 19.3 Å². The number of halogens is 1. The topological polar surface area (TPSA) is 46.2 Å². The smallest absolute Gasteiger partial charge is 0.0474 e. The Morgan fingerprint density at radius 3 is 2.33 bits per heavy atom. The Morgan fingerprint density at radius 2 is 2.11 bits per heavy atom. The highest BCUT2D eigenvalue weighted by Gasteiger charge is 2.22. The van der Waals surface area contributed by atoms with Crippen molar-refractivity contribution >= 4 is 12.4 Å². The summed E-state index contributed by atoms with van der Waals surface area (Å²) >= 11 is 0. The van der Waals surface area contributed by atoms with Crippen molar-refractivity contribution in [1.29, 1.82) is 0 Å². The van der Waals surface area contributed by atoms with Crippen LogP contribution in [0.15, 0.2) is 0 Å². The van der Waals surface area contributed by atoms with Crippen LogP contribution in [0.3, 0.4) is 0 Å². The summed E-state index contributed by atoms with van der Waals surface area (Å²) in [6.07, 6.45) is 3.43. The van der Waals surface area contributed by atoms with Crippen molar-refractivity contribution in [3.63, 3.8) is 0 Å². The predicted molar refractivity (Wildman–Crippen MR) is 39.7 cm³/mol. The van der Waals surface area contributed by atoms with Crippen LogP contribution < -0.4 is 5.73 Å². The lowest BCUT2D eigenvalue weighted by Gasteiger charge is -2.09. The lowest BCUT2D eigenvalue weighted by molar-refractivity contribution is 0.218. The molecular formula is C6H14ClNO. The summed E-state index contributed by atoms with van der Waals surface area (Å²) in [7, 11) is 0. The Hall–Kier alpha value is 0.210. The van der Waals surface area contributed by atoms with Gasteiger partial charge in [-0.15, -0.1) is 12.4 Å². The zero-order valence-electron chi connectivity index (χ0n) is 5.42. The molecule has 0 heterocycles. The van der Waals surface area contributed by atoms with E-state index < -0.39 is 0 Å². The van der Waals surface area contributed by atoms with Crippen molar-refractivity contribution in [2.45, 2.75) is 25.3 Å². The predicted octanol–water partition coefficient (Wildman–Crippen LogP) is 0.528. The molecule has 1 fully saturated rings. The maximum atomic E-state index is 8.66. The van der Waals surface area contributed by atoms with Gasteiger partial charge in [-0.2, -0.15) is 0 Å². The number of aliphatic hydroxyl groups excluding tert-OH is 1. The fourth-order valence-electron chi connectivity index (χ4n) is 1.29. The molecule has 0 radical (unpaired) electrons. The minimum Gasteiger partial charge on any atom is -0.396 e. The average molecular weight is 152 g/mol. The van der Waals surface area contributed by atoms with Gasteiger partial charge in [0, 0.05) is 12.6 Å². The molecule has 1 saturated carbocycles. The van der Waals surface area contributed by atoms with Crippen LogP contribution in [-0.4, -0.2) is 17.8 Å². The van der Waals surface area contributed by atoms with Gasteiger partial charge in [-0.1, -0.05) is 6.42 Å². The van der Waals surface area contributed by atoms with E-state index in [-0.39, 0.29) is 25.1 Å². The molecule has 0 aliphatic heterocycles. The van der Waals surface area contributed by atoms with Gasteiger partial charge in [0.1, 0.15) is 0 Å². The Labute approximate surface area is 61.8 Å². The van der Waals surface area contributed by atoms with Crippen LogP contribution in [0, 0.1) is 5.92 Å². The number of rotatable bonds is 1. The molecule has 0 aromatic carbocycles. The highest BCUT2D eigenvalue weighted by atomic mass is 35.5. The van der Waals surface area contributed by atoms with Gasteiger partial charge in [0.15, 0.2) is 0 Å². The molecule has 1 rings (SSSR count). The maximum absolute atomic E-state index is 8.66. The van der Waals surface area contributed by atoms with Crippen molar-refractivity contribution < 1.29 is 5.11 Å². The van der Waals surface area contributed by atoms with Gasteiger partial charge < -0.3 is 10.8 Å². The van der Waals surface area contributed by atoms with Gasteiger partial charge in [0.2, 0.25) is 0 Å². The first-order valence-corrected chi connectivity index (χ1v) is 3.21. The Bertz CT molecular complexity index is 79.5. The first-order valence-electron chi connectivity index (χ1n) is 3.21. The number of aliphatic hydroxyl groups is 1. The van der Waals surface area contributed by atoms with E-state index in [9.17, 15) is 0 Å². The van der Waals surface area contributed by atoms with E-state index >= 15 is 0 Å². The standard InChI is InChI=1S/C6H13NO.ClH/c7-6-3-1-2-5(6)4-8;/h5-6,8H,1-4,7H2;1H. The van der Waals surface area contributed by atoms with Crippen molar-refractivity contribution in [3.8, 4) is 0 Å². The van der Waals surface area contributed by atoms with E-state index in [0.717, 1.165) is 12.8 Å². The van der Waals surface area contributed by atoms with Crippen LogP contribution in [0.4, 0.5) is 0 Å². The fraction of sp³-hybridized carbons (Fsp3) is 1.00. The second-order valence-electron chi connectivity index (χ2n) is 2.54. The lowest BCUT2D eigenvalue weighted by atomic mass is 10.1. The molecule has 2 unspecified atom stereocenters. The minimum atomic E-state index is 0. The third kappa shape index (κ3) is 2.12. The molecule has 0 spiro atoms. The first-order chi connectivity index (χ1) is 3.84. The van der Waals surface area contributed by atoms with Crippen molar-refractivity contribution in [2.24, 2.45) is 11.7 Å². The second kappa shape index (κ2) is 4.09. The molecule has 0 aromatic rings. The average Bonchev–Trinajstić information content (AvgIpc) is 2.14. The van der Waals surface area contributed by atoms with E-state index in [2.05, 4.69) is 0 Å². The van der Waals surface area contributed by atoms with Crippen LogP contribution in [0.5, 0.6) is 0 Å². The summed E-state index contributed by atoms with van der Waals surface area (Å²) in [5.74, 6) is 0.398.